The molecule has 56 valence electrons. The second-order valence-corrected chi connectivity index (χ2v) is 0.801. The first-order valence-corrected chi connectivity index (χ1v) is 1.75. The van der Waals surface area contributed by atoms with Gasteiger partial charge in [-0.25, -0.2) is 0 Å². The summed E-state index contributed by atoms with van der Waals surface area (Å²) in [6.45, 7) is 0. The summed E-state index contributed by atoms with van der Waals surface area (Å²) in [4.78, 5) is 0. The summed E-state index contributed by atoms with van der Waals surface area (Å²) in [5.74, 6) is 0. The monoisotopic (exact) mass is 208 g/mol. The molecule has 0 saturated carbocycles. The van der Waals surface area contributed by atoms with Crippen LogP contribution in [-0.4, -0.2) is 21.1 Å². The average Bonchev–Trinajstić information content (AvgIpc) is 1.39. The molecule has 0 aliphatic heterocycles. The Kier molecular flexibility index (Phi) is 250. The maximum atomic E-state index is 3.50. The largest absolute Gasteiger partial charge is 4.00 e. The number of nitrogens with zero attached hydrogens (tertiary/aromatic N) is 1. The Morgan fingerprint density at radius 2 is 1.22 bits per heavy atom. The first-order chi connectivity index (χ1) is 2.83. The third-order valence-electron chi connectivity index (χ3n) is 0. The molecular weight excluding hydrogens is 191 g/mol. The van der Waals surface area contributed by atoms with Crippen LogP contribution in [-0.2, 0) is 26.2 Å². The van der Waals surface area contributed by atoms with Crippen molar-refractivity contribution in [1.82, 2.24) is 5.32 Å². The van der Waals surface area contributed by atoms with Crippen LogP contribution in [0.1, 0.15) is 0 Å². The summed E-state index contributed by atoms with van der Waals surface area (Å²) in [5.41, 5.74) is 0. The predicted octanol–water partition coefficient (Wildman–Crippen LogP) is 1.52. The molecule has 0 bridgehead atoms. The molecule has 0 aromatic heterocycles. The van der Waals surface area contributed by atoms with Gasteiger partial charge in [-0.2, -0.15) is 14.1 Å². The zero-order valence-corrected chi connectivity index (χ0v) is 9.61. The topological polar surface area (TPSA) is 26.1 Å². The molecule has 0 atom stereocenters. The van der Waals surface area contributed by atoms with Gasteiger partial charge in [-0.1, -0.05) is 0 Å². The summed E-state index contributed by atoms with van der Waals surface area (Å²) >= 11 is 0. The van der Waals surface area contributed by atoms with Crippen molar-refractivity contribution in [2.45, 2.75) is 0 Å². The van der Waals surface area contributed by atoms with Gasteiger partial charge in [0.05, 0.1) is 0 Å². The molecule has 0 heterocycles. The van der Waals surface area contributed by atoms with E-state index in [-0.39, 0.29) is 41.1 Å². The summed E-state index contributed by atoms with van der Waals surface area (Å²) in [6, 6.07) is 0. The molecule has 0 aliphatic carbocycles. The summed E-state index contributed by atoms with van der Waals surface area (Å²) in [7, 11) is 8.50. The van der Waals surface area contributed by atoms with E-state index in [1.165, 1.54) is 0 Å². The van der Waals surface area contributed by atoms with Crippen molar-refractivity contribution >= 4 is 0 Å². The van der Waals surface area contributed by atoms with Gasteiger partial charge >= 0.3 is 26.2 Å². The smallest absolute Gasteiger partial charge is 0.668 e. The van der Waals surface area contributed by atoms with Crippen LogP contribution in [0.5, 0.6) is 0 Å². The number of hydrogen-bond acceptors (Lipinski definition) is 1. The van der Waals surface area contributed by atoms with Crippen LogP contribution in [0.3, 0.4) is 0 Å². The molecule has 0 saturated heterocycles. The van der Waals surface area contributed by atoms with E-state index in [2.05, 4.69) is 17.7 Å². The van der Waals surface area contributed by atoms with Crippen LogP contribution in [0.2, 0.25) is 0 Å². The molecule has 0 fully saturated rings. The molecule has 3 heteroatoms. The van der Waals surface area contributed by atoms with E-state index in [1.54, 1.807) is 21.1 Å². The minimum Gasteiger partial charge on any atom is -0.668 e. The Bertz CT molecular complexity index is 13.0. The van der Waals surface area contributed by atoms with Gasteiger partial charge in [0.15, 0.2) is 0 Å². The van der Waals surface area contributed by atoms with E-state index < -0.39 is 0 Å². The Balaban J connectivity index is -0.00000000889. The van der Waals surface area contributed by atoms with Crippen molar-refractivity contribution in [3.8, 4) is 0 Å². The van der Waals surface area contributed by atoms with Gasteiger partial charge < -0.3 is 25.5 Å². The van der Waals surface area contributed by atoms with Gasteiger partial charge in [-0.15, -0.1) is 0 Å². The molecule has 9 heavy (non-hydrogen) atoms. The number of nitrogens with one attached hydrogen (secondary N) is 1. The SMILES string of the molecule is C[N-]C.[CH2-]NC.[CH3-].[CH3-].[Zr+4]. The predicted molar refractivity (Wildman–Crippen MR) is 42.5 cm³/mol. The number of rotatable bonds is 0. The van der Waals surface area contributed by atoms with E-state index >= 15 is 0 Å². The van der Waals surface area contributed by atoms with Gasteiger partial charge in [0.25, 0.3) is 0 Å². The van der Waals surface area contributed by atoms with Gasteiger partial charge in [-0.05, 0) is 7.05 Å². The Labute approximate surface area is 79.9 Å². The van der Waals surface area contributed by atoms with Crippen molar-refractivity contribution in [2.75, 3.05) is 21.1 Å². The normalized spacial score (nSPS) is 4.00. The van der Waals surface area contributed by atoms with Gasteiger partial charge in [0.1, 0.15) is 0 Å². The fourth-order valence-electron chi connectivity index (χ4n) is 0. The van der Waals surface area contributed by atoms with Crippen molar-refractivity contribution in [1.29, 1.82) is 0 Å². The van der Waals surface area contributed by atoms with Crippen molar-refractivity contribution < 1.29 is 26.2 Å². The number of hydrogen-bond donors (Lipinski definition) is 1. The molecule has 0 aromatic carbocycles. The molecule has 0 aromatic rings. The van der Waals surface area contributed by atoms with Crippen molar-refractivity contribution in [3.63, 3.8) is 0 Å². The zero-order valence-electron chi connectivity index (χ0n) is 7.15. The minimum absolute atomic E-state index is 0. The second-order valence-electron chi connectivity index (χ2n) is 0.801. The van der Waals surface area contributed by atoms with Crippen molar-refractivity contribution in [2.24, 2.45) is 0 Å². The Morgan fingerprint density at radius 1 is 1.22 bits per heavy atom. The molecule has 0 spiro atoms. The average molecular weight is 209 g/mol. The van der Waals surface area contributed by atoms with Crippen LogP contribution >= 0.6 is 0 Å². The molecule has 0 aliphatic rings. The Morgan fingerprint density at radius 3 is 1.22 bits per heavy atom. The van der Waals surface area contributed by atoms with Crippen LogP contribution in [0.25, 0.3) is 5.32 Å². The van der Waals surface area contributed by atoms with E-state index in [9.17, 15) is 0 Å². The van der Waals surface area contributed by atoms with Crippen LogP contribution in [0, 0.1) is 21.9 Å². The maximum absolute atomic E-state index is 3.50. The van der Waals surface area contributed by atoms with Gasteiger partial charge in [0.2, 0.25) is 0 Å². The third kappa shape index (κ3) is 632. The van der Waals surface area contributed by atoms with E-state index in [4.69, 9.17) is 0 Å². The standard InChI is InChI=1S/2C2H6N.2CH3.Zr/c2*1-3-2;;;/h1-2H3;3H,1H2,2H3;2*1H3;/q4*-1;+4. The molecule has 0 amide bonds. The van der Waals surface area contributed by atoms with Crippen LogP contribution < -0.4 is 5.32 Å². The Hall–Kier alpha value is 0.803. The first-order valence-electron chi connectivity index (χ1n) is 1.75. The maximum Gasteiger partial charge on any atom is 4.00 e. The quantitative estimate of drug-likeness (QED) is 0.602. The van der Waals surface area contributed by atoms with E-state index in [0.29, 0.717) is 0 Å². The van der Waals surface area contributed by atoms with Crippen LogP contribution in [0.4, 0.5) is 0 Å². The summed E-state index contributed by atoms with van der Waals surface area (Å²) in [6.07, 6.45) is 0. The molecule has 0 radical (unpaired) electrons. The third-order valence-corrected chi connectivity index (χ3v) is 0. The van der Waals surface area contributed by atoms with Gasteiger partial charge in [-0.3, -0.25) is 7.05 Å². The molecular formula is C6H18N2Zr. The molecule has 2 nitrogen and oxygen atoms in total. The summed E-state index contributed by atoms with van der Waals surface area (Å²) < 4.78 is 0. The fourth-order valence-corrected chi connectivity index (χ4v) is 0. The molecule has 0 rings (SSSR count). The minimum atomic E-state index is 0. The summed E-state index contributed by atoms with van der Waals surface area (Å²) in [5, 5.41) is 6.00. The van der Waals surface area contributed by atoms with Crippen LogP contribution in [0.15, 0.2) is 0 Å². The van der Waals surface area contributed by atoms with Gasteiger partial charge in [0, 0.05) is 0 Å². The zero-order chi connectivity index (χ0) is 5.41. The van der Waals surface area contributed by atoms with E-state index in [1.807, 2.05) is 0 Å². The fraction of sp³-hybridized carbons (Fsp3) is 0.500. The first kappa shape index (κ1) is 32.9. The molecule has 0 unspecified atom stereocenters. The van der Waals surface area contributed by atoms with Crippen molar-refractivity contribution in [3.05, 3.63) is 27.2 Å². The second kappa shape index (κ2) is 68.2. The molecule has 1 N–H and O–H groups in total. The van der Waals surface area contributed by atoms with E-state index in [0.717, 1.165) is 0 Å².